The number of ketones is 1. The number of Topliss-reactive ketones (excluding diaryl/α,β-unsaturated/α-hetero) is 1. The number of fused-ring (bicyclic) bond motifs is 1. The van der Waals surface area contributed by atoms with Crippen molar-refractivity contribution in [1.29, 1.82) is 0 Å². The molecule has 1 aliphatic heterocycles. The molecule has 0 saturated heterocycles. The summed E-state index contributed by atoms with van der Waals surface area (Å²) in [5, 5.41) is 3.06. The number of nitrogens with zero attached hydrogens (tertiary/aromatic N) is 1. The first kappa shape index (κ1) is 11.7. The number of carbonyl (C=O) groups is 2. The van der Waals surface area contributed by atoms with E-state index < -0.39 is 17.5 Å². The van der Waals surface area contributed by atoms with Crippen molar-refractivity contribution in [3.8, 4) is 0 Å². The van der Waals surface area contributed by atoms with E-state index in [1.807, 2.05) is 6.92 Å². The van der Waals surface area contributed by atoms with E-state index in [4.69, 9.17) is 0 Å². The van der Waals surface area contributed by atoms with Crippen LogP contribution in [0.2, 0.25) is 0 Å². The van der Waals surface area contributed by atoms with Crippen molar-refractivity contribution in [2.75, 3.05) is 24.5 Å². The minimum Gasteiger partial charge on any atom is -0.315 e. The van der Waals surface area contributed by atoms with E-state index in [2.05, 4.69) is 5.32 Å². The predicted molar refractivity (Wildman–Crippen MR) is 61.6 cm³/mol. The van der Waals surface area contributed by atoms with E-state index in [0.717, 1.165) is 6.54 Å². The summed E-state index contributed by atoms with van der Waals surface area (Å²) in [6.45, 7) is 3.68. The van der Waals surface area contributed by atoms with Crippen LogP contribution in [0.1, 0.15) is 17.3 Å². The molecule has 1 heterocycles. The van der Waals surface area contributed by atoms with Crippen LogP contribution < -0.4 is 10.2 Å². The van der Waals surface area contributed by atoms with Crippen molar-refractivity contribution < 1.29 is 14.0 Å². The Morgan fingerprint density at radius 2 is 2.12 bits per heavy atom. The molecule has 4 nitrogen and oxygen atoms in total. The molecule has 0 atom stereocenters. The Morgan fingerprint density at radius 1 is 1.35 bits per heavy atom. The molecule has 0 saturated carbocycles. The van der Waals surface area contributed by atoms with E-state index in [0.29, 0.717) is 18.8 Å². The van der Waals surface area contributed by atoms with Gasteiger partial charge in [-0.05, 0) is 24.7 Å². The largest absolute Gasteiger partial charge is 0.315 e. The molecular formula is C12H13FN2O2. The smallest absolute Gasteiger partial charge is 0.299 e. The van der Waals surface area contributed by atoms with E-state index >= 15 is 0 Å². The van der Waals surface area contributed by atoms with Crippen molar-refractivity contribution in [2.24, 2.45) is 0 Å². The molecule has 1 N–H and O–H groups in total. The second kappa shape index (κ2) is 4.63. The van der Waals surface area contributed by atoms with Crippen molar-refractivity contribution in [1.82, 2.24) is 5.32 Å². The number of carbonyl (C=O) groups excluding carboxylic acids is 2. The summed E-state index contributed by atoms with van der Waals surface area (Å²) in [7, 11) is 0. The Balaban J connectivity index is 2.26. The van der Waals surface area contributed by atoms with Crippen molar-refractivity contribution in [3.05, 3.63) is 29.6 Å². The topological polar surface area (TPSA) is 49.4 Å². The molecule has 0 radical (unpaired) electrons. The maximum Gasteiger partial charge on any atom is 0.299 e. The second-order valence-corrected chi connectivity index (χ2v) is 3.80. The molecule has 2 rings (SSSR count). The summed E-state index contributed by atoms with van der Waals surface area (Å²) in [5.41, 5.74) is 0.658. The van der Waals surface area contributed by atoms with Crippen LogP contribution in [-0.4, -0.2) is 31.3 Å². The van der Waals surface area contributed by atoms with Gasteiger partial charge in [0.15, 0.2) is 0 Å². The van der Waals surface area contributed by atoms with Crippen LogP contribution in [0.25, 0.3) is 0 Å². The van der Waals surface area contributed by atoms with Gasteiger partial charge >= 0.3 is 0 Å². The Hall–Kier alpha value is -1.75. The molecule has 0 aliphatic carbocycles. The zero-order chi connectivity index (χ0) is 12.4. The van der Waals surface area contributed by atoms with Gasteiger partial charge in [0.1, 0.15) is 5.82 Å². The van der Waals surface area contributed by atoms with Gasteiger partial charge in [-0.3, -0.25) is 9.59 Å². The maximum atomic E-state index is 13.1. The number of amides is 1. The minimum atomic E-state index is -0.580. The number of anilines is 1. The van der Waals surface area contributed by atoms with Gasteiger partial charge in [0.05, 0.1) is 11.3 Å². The lowest BCUT2D eigenvalue weighted by molar-refractivity contribution is -0.114. The number of benzene rings is 1. The number of hydrogen-bond acceptors (Lipinski definition) is 3. The van der Waals surface area contributed by atoms with Gasteiger partial charge in [0.25, 0.3) is 11.7 Å². The summed E-state index contributed by atoms with van der Waals surface area (Å²) >= 11 is 0. The molecule has 0 spiro atoms. The van der Waals surface area contributed by atoms with Gasteiger partial charge in [-0.2, -0.15) is 0 Å². The summed E-state index contributed by atoms with van der Waals surface area (Å²) in [6.07, 6.45) is 0. The highest BCUT2D eigenvalue weighted by atomic mass is 19.1. The number of hydrogen-bond donors (Lipinski definition) is 1. The Bertz CT molecular complexity index is 474. The van der Waals surface area contributed by atoms with Crippen LogP contribution in [0.4, 0.5) is 10.1 Å². The fraction of sp³-hybridized carbons (Fsp3) is 0.333. The van der Waals surface area contributed by atoms with E-state index in [1.54, 1.807) is 0 Å². The van der Waals surface area contributed by atoms with Crippen molar-refractivity contribution in [2.45, 2.75) is 6.92 Å². The number of rotatable bonds is 4. The third-order valence-corrected chi connectivity index (χ3v) is 2.70. The minimum absolute atomic E-state index is 0.285. The first-order valence-electron chi connectivity index (χ1n) is 5.51. The molecule has 0 aromatic heterocycles. The lowest BCUT2D eigenvalue weighted by atomic mass is 10.1. The van der Waals surface area contributed by atoms with Crippen LogP contribution in [-0.2, 0) is 4.79 Å². The summed E-state index contributed by atoms with van der Waals surface area (Å²) in [5.74, 6) is -1.58. The zero-order valence-corrected chi connectivity index (χ0v) is 9.50. The predicted octanol–water partition coefficient (Wildman–Crippen LogP) is 0.964. The Labute approximate surface area is 98.4 Å². The zero-order valence-electron chi connectivity index (χ0n) is 9.50. The first-order valence-corrected chi connectivity index (χ1v) is 5.51. The van der Waals surface area contributed by atoms with Gasteiger partial charge in [-0.25, -0.2) is 4.39 Å². The van der Waals surface area contributed by atoms with E-state index in [-0.39, 0.29) is 5.56 Å². The molecule has 5 heteroatoms. The molecule has 0 unspecified atom stereocenters. The van der Waals surface area contributed by atoms with Crippen molar-refractivity contribution >= 4 is 17.4 Å². The Morgan fingerprint density at radius 3 is 2.82 bits per heavy atom. The number of halogens is 1. The molecule has 0 bridgehead atoms. The summed E-state index contributed by atoms with van der Waals surface area (Å²) in [4.78, 5) is 24.6. The highest BCUT2D eigenvalue weighted by Gasteiger charge is 2.35. The van der Waals surface area contributed by atoms with Crippen LogP contribution in [0, 0.1) is 5.82 Å². The van der Waals surface area contributed by atoms with Gasteiger partial charge in [-0.15, -0.1) is 0 Å². The standard InChI is InChI=1S/C12H13FN2O2/c1-2-14-5-6-15-10-7-8(13)3-4-9(10)11(16)12(15)17/h3-4,7,14H,2,5-6H2,1H3. The van der Waals surface area contributed by atoms with Crippen LogP contribution in [0.5, 0.6) is 0 Å². The maximum absolute atomic E-state index is 13.1. The van der Waals surface area contributed by atoms with Gasteiger partial charge < -0.3 is 10.2 Å². The van der Waals surface area contributed by atoms with Gasteiger partial charge in [0, 0.05) is 13.1 Å². The van der Waals surface area contributed by atoms with Crippen LogP contribution in [0.3, 0.4) is 0 Å². The fourth-order valence-electron chi connectivity index (χ4n) is 1.86. The first-order chi connectivity index (χ1) is 8.15. The van der Waals surface area contributed by atoms with Crippen LogP contribution >= 0.6 is 0 Å². The average Bonchev–Trinajstić information content (AvgIpc) is 2.54. The molecule has 17 heavy (non-hydrogen) atoms. The lowest BCUT2D eigenvalue weighted by Crippen LogP contribution is -2.36. The monoisotopic (exact) mass is 236 g/mol. The average molecular weight is 236 g/mol. The molecular weight excluding hydrogens is 223 g/mol. The van der Waals surface area contributed by atoms with Gasteiger partial charge in [-0.1, -0.05) is 6.92 Å². The van der Waals surface area contributed by atoms with E-state index in [9.17, 15) is 14.0 Å². The lowest BCUT2D eigenvalue weighted by Gasteiger charge is -2.16. The van der Waals surface area contributed by atoms with E-state index in [1.165, 1.54) is 23.1 Å². The fourth-order valence-corrected chi connectivity index (χ4v) is 1.86. The molecule has 0 fully saturated rings. The summed E-state index contributed by atoms with van der Waals surface area (Å²) in [6, 6.07) is 3.78. The molecule has 1 aliphatic rings. The highest BCUT2D eigenvalue weighted by molar-refractivity contribution is 6.52. The van der Waals surface area contributed by atoms with Crippen LogP contribution in [0.15, 0.2) is 18.2 Å². The third kappa shape index (κ3) is 2.06. The highest BCUT2D eigenvalue weighted by Crippen LogP contribution is 2.29. The summed E-state index contributed by atoms with van der Waals surface area (Å²) < 4.78 is 13.1. The number of nitrogens with one attached hydrogen (secondary N) is 1. The molecule has 1 aromatic carbocycles. The normalized spacial score (nSPS) is 14.4. The third-order valence-electron chi connectivity index (χ3n) is 2.70. The quantitative estimate of drug-likeness (QED) is 0.626. The second-order valence-electron chi connectivity index (χ2n) is 3.80. The Kier molecular flexibility index (Phi) is 3.19. The van der Waals surface area contributed by atoms with Gasteiger partial charge in [0.2, 0.25) is 0 Å². The SMILES string of the molecule is CCNCCN1C(=O)C(=O)c2ccc(F)cc21. The molecule has 90 valence electrons. The molecule has 1 aromatic rings. The molecule has 1 amide bonds. The number of likely N-dealkylation sites (N-methyl/N-ethyl adjacent to an activating group) is 1. The van der Waals surface area contributed by atoms with Crippen molar-refractivity contribution in [3.63, 3.8) is 0 Å².